The molecular weight excluding hydrogens is 428 g/mol. The monoisotopic (exact) mass is 459 g/mol. The molecule has 32 heavy (non-hydrogen) atoms. The Balaban J connectivity index is 1.86. The van der Waals surface area contributed by atoms with Crippen LogP contribution < -0.4 is 20.9 Å². The van der Waals surface area contributed by atoms with Crippen LogP contribution in [0.3, 0.4) is 0 Å². The van der Waals surface area contributed by atoms with Crippen LogP contribution in [0.15, 0.2) is 23.4 Å². The quantitative estimate of drug-likeness (QED) is 0.391. The summed E-state index contributed by atoms with van der Waals surface area (Å²) in [5.74, 6) is 0.908. The number of nitrogens with two attached hydrogens (primary N) is 2. The first-order chi connectivity index (χ1) is 15.1. The number of ether oxygens (including phenoxy) is 1. The van der Waals surface area contributed by atoms with Crippen molar-refractivity contribution in [3.63, 3.8) is 0 Å². The lowest BCUT2D eigenvalue weighted by molar-refractivity contribution is 0.142. The van der Waals surface area contributed by atoms with Crippen LogP contribution >= 0.6 is 10.8 Å². The Kier molecular flexibility index (Phi) is 6.04. The van der Waals surface area contributed by atoms with Gasteiger partial charge in [0.15, 0.2) is 4.90 Å². The Morgan fingerprint density at radius 2 is 2.03 bits per heavy atom. The minimum Gasteiger partial charge on any atom is -0.488 e. The molecule has 0 spiro atoms. The van der Waals surface area contributed by atoms with Crippen molar-refractivity contribution in [3.05, 3.63) is 29.6 Å². The maximum absolute atomic E-state index is 11.2. The highest BCUT2D eigenvalue weighted by Gasteiger charge is 2.40. The summed E-state index contributed by atoms with van der Waals surface area (Å²) in [4.78, 5) is 9.08. The van der Waals surface area contributed by atoms with Crippen molar-refractivity contribution in [1.82, 2.24) is 14.7 Å². The summed E-state index contributed by atoms with van der Waals surface area (Å²) in [6, 6.07) is 5.86. The molecule has 2 aromatic rings. The van der Waals surface area contributed by atoms with Crippen LogP contribution in [0, 0.1) is 11.3 Å². The molecule has 0 radical (unpaired) electrons. The lowest BCUT2D eigenvalue weighted by atomic mass is 9.72. The SMILES string of the molecule is CC1(C)Cc2c(ccc(OC3CCC(N)CC3)c2S(O)([OH2+])NCC#N)-c2ncnc(N)c21. The summed E-state index contributed by atoms with van der Waals surface area (Å²) in [6.45, 7) is 3.95. The average molecular weight is 460 g/mol. The van der Waals surface area contributed by atoms with E-state index in [0.29, 0.717) is 28.6 Å². The maximum atomic E-state index is 11.2. The number of hydrogen-bond acceptors (Lipinski definition) is 8. The standard InChI is InChI=1S/C22H30N6O3S/c1-22(2)11-16-15(19-18(22)21(25)27-12-26-19)7-8-17(20(16)32(29,30)28-10-9-23)31-14-5-3-13(24)4-6-14/h7-8,12-14,28-30H,3-6,10-11,24H2,1-2H3,(H2,25,26,27)/p+1. The van der Waals surface area contributed by atoms with Crippen molar-refractivity contribution < 1.29 is 13.8 Å². The molecule has 4 rings (SSSR count). The molecule has 0 amide bonds. The number of nitrogen functional groups attached to an aromatic ring is 1. The number of anilines is 1. The predicted molar refractivity (Wildman–Crippen MR) is 125 cm³/mol. The third kappa shape index (κ3) is 4.14. The van der Waals surface area contributed by atoms with Crippen molar-refractivity contribution in [2.24, 2.45) is 5.73 Å². The molecule has 0 bridgehead atoms. The van der Waals surface area contributed by atoms with Crippen molar-refractivity contribution in [2.45, 2.75) is 68.4 Å². The molecule has 1 aromatic heterocycles. The van der Waals surface area contributed by atoms with E-state index in [2.05, 4.69) is 28.5 Å². The highest BCUT2D eigenvalue weighted by atomic mass is 32.3. The van der Waals surface area contributed by atoms with Gasteiger partial charge in [-0.3, -0.25) is 0 Å². The van der Waals surface area contributed by atoms with E-state index in [0.717, 1.165) is 42.4 Å². The Morgan fingerprint density at radius 3 is 2.72 bits per heavy atom. The van der Waals surface area contributed by atoms with Gasteiger partial charge in [-0.2, -0.15) is 9.98 Å². The van der Waals surface area contributed by atoms with Crippen LogP contribution in [0.5, 0.6) is 5.75 Å². The zero-order valence-electron chi connectivity index (χ0n) is 18.4. The Hall–Kier alpha value is -2.42. The molecule has 0 saturated heterocycles. The number of nitrogens with zero attached hydrogens (tertiary/aromatic N) is 3. The molecule has 8 N–H and O–H groups in total. The fourth-order valence-corrected chi connectivity index (χ4v) is 6.18. The number of benzene rings is 1. The second-order valence-electron chi connectivity index (χ2n) is 9.18. The third-order valence-corrected chi connectivity index (χ3v) is 7.92. The largest absolute Gasteiger partial charge is 0.488 e. The smallest absolute Gasteiger partial charge is 0.165 e. The van der Waals surface area contributed by atoms with Crippen molar-refractivity contribution >= 4 is 16.6 Å². The van der Waals surface area contributed by atoms with Gasteiger partial charge in [-0.15, -0.1) is 0 Å². The highest BCUT2D eigenvalue weighted by molar-refractivity contribution is 8.22. The number of nitrogens with one attached hydrogen (secondary N) is 1. The van der Waals surface area contributed by atoms with Crippen molar-refractivity contribution in [2.75, 3.05) is 12.3 Å². The molecule has 10 heteroatoms. The van der Waals surface area contributed by atoms with Gasteiger partial charge in [-0.1, -0.05) is 13.8 Å². The minimum absolute atomic E-state index is 0.0281. The topological polar surface area (TPSA) is 166 Å². The summed E-state index contributed by atoms with van der Waals surface area (Å²) < 4.78 is 29.1. The normalized spacial score (nSPS) is 24.4. The molecule has 1 heterocycles. The second-order valence-corrected chi connectivity index (χ2v) is 11.0. The van der Waals surface area contributed by atoms with E-state index in [4.69, 9.17) is 26.0 Å². The molecule has 172 valence electrons. The predicted octanol–water partition coefficient (Wildman–Crippen LogP) is 2.51. The van der Waals surface area contributed by atoms with E-state index in [-0.39, 0.29) is 18.7 Å². The zero-order valence-corrected chi connectivity index (χ0v) is 19.2. The van der Waals surface area contributed by atoms with Gasteiger partial charge >= 0.3 is 0 Å². The summed E-state index contributed by atoms with van der Waals surface area (Å²) in [5, 5.41) is 9.05. The third-order valence-electron chi connectivity index (χ3n) is 6.32. The van der Waals surface area contributed by atoms with E-state index < -0.39 is 16.2 Å². The molecule has 1 atom stereocenters. The Labute approximate surface area is 189 Å². The van der Waals surface area contributed by atoms with Gasteiger partial charge in [0.2, 0.25) is 0 Å². The molecule has 1 saturated carbocycles. The molecule has 0 aliphatic heterocycles. The minimum atomic E-state index is -3.27. The number of nitriles is 1. The average Bonchev–Trinajstić information content (AvgIpc) is 2.73. The van der Waals surface area contributed by atoms with Crippen LogP contribution in [-0.4, -0.2) is 37.8 Å². The number of hydrogen-bond donors (Lipinski definition) is 4. The Morgan fingerprint density at radius 1 is 1.31 bits per heavy atom. The Bertz CT molecular complexity index is 1060. The fraction of sp³-hybridized carbons (Fsp3) is 0.500. The highest BCUT2D eigenvalue weighted by Crippen LogP contribution is 2.56. The first-order valence-electron chi connectivity index (χ1n) is 10.8. The van der Waals surface area contributed by atoms with Crippen LogP contribution in [-0.2, 0) is 11.8 Å². The van der Waals surface area contributed by atoms with E-state index in [9.17, 15) is 4.55 Å². The van der Waals surface area contributed by atoms with E-state index in [1.807, 2.05) is 12.1 Å². The molecular formula is C22H31N6O3S+. The van der Waals surface area contributed by atoms with Crippen molar-refractivity contribution in [1.29, 1.82) is 5.26 Å². The molecule has 1 aromatic carbocycles. The maximum Gasteiger partial charge on any atom is 0.165 e. The van der Waals surface area contributed by atoms with E-state index >= 15 is 0 Å². The van der Waals surface area contributed by atoms with Crippen LogP contribution in [0.4, 0.5) is 5.82 Å². The number of aromatic nitrogens is 2. The van der Waals surface area contributed by atoms with Gasteiger partial charge < -0.3 is 20.8 Å². The van der Waals surface area contributed by atoms with E-state index in [1.54, 1.807) is 6.07 Å². The van der Waals surface area contributed by atoms with Crippen LogP contribution in [0.2, 0.25) is 0 Å². The fourth-order valence-electron chi connectivity index (χ4n) is 4.82. The van der Waals surface area contributed by atoms with Gasteiger partial charge in [0, 0.05) is 17.2 Å². The van der Waals surface area contributed by atoms with Gasteiger partial charge in [-0.25, -0.2) is 14.5 Å². The first-order valence-corrected chi connectivity index (χ1v) is 12.3. The van der Waals surface area contributed by atoms with E-state index in [1.165, 1.54) is 6.33 Å². The summed E-state index contributed by atoms with van der Waals surface area (Å²) in [6.07, 6.45) is 5.35. The zero-order chi connectivity index (χ0) is 23.1. The second kappa shape index (κ2) is 8.50. The first kappa shape index (κ1) is 22.8. The van der Waals surface area contributed by atoms with Gasteiger partial charge in [0.05, 0.1) is 17.9 Å². The van der Waals surface area contributed by atoms with Crippen LogP contribution in [0.1, 0.15) is 50.7 Å². The lowest BCUT2D eigenvalue weighted by Gasteiger charge is -2.39. The summed E-state index contributed by atoms with van der Waals surface area (Å²) in [5.41, 5.74) is 15.0. The summed E-state index contributed by atoms with van der Waals surface area (Å²) in [7, 11) is -3.27. The summed E-state index contributed by atoms with van der Waals surface area (Å²) >= 11 is 0. The van der Waals surface area contributed by atoms with Gasteiger partial charge in [0.25, 0.3) is 0 Å². The van der Waals surface area contributed by atoms with Gasteiger partial charge in [0.1, 0.15) is 24.4 Å². The molecule has 2 aliphatic carbocycles. The van der Waals surface area contributed by atoms with Crippen molar-refractivity contribution in [3.8, 4) is 23.1 Å². The van der Waals surface area contributed by atoms with Crippen LogP contribution in [0.25, 0.3) is 11.3 Å². The molecule has 9 nitrogen and oxygen atoms in total. The van der Waals surface area contributed by atoms with Gasteiger partial charge in [-0.05, 0) is 66.0 Å². The molecule has 2 aliphatic rings. The molecule has 1 unspecified atom stereocenters. The lowest BCUT2D eigenvalue weighted by Crippen LogP contribution is -2.33. The number of fused-ring (bicyclic) bond motifs is 3. The molecule has 1 fully saturated rings. The number of rotatable bonds is 5.